The Morgan fingerprint density at radius 2 is 1.81 bits per heavy atom. The van der Waals surface area contributed by atoms with Crippen LogP contribution in [-0.4, -0.2) is 70.5 Å². The predicted octanol–water partition coefficient (Wildman–Crippen LogP) is 4.97. The minimum absolute atomic E-state index is 0.269. The molecule has 0 aliphatic carbocycles. The fourth-order valence-corrected chi connectivity index (χ4v) is 5.78. The van der Waals surface area contributed by atoms with Crippen LogP contribution in [0.4, 0.5) is 0 Å². The van der Waals surface area contributed by atoms with Crippen LogP contribution in [0.1, 0.15) is 10.7 Å². The highest BCUT2D eigenvalue weighted by atomic mass is 32.1. The molecule has 1 atom stereocenters. The van der Waals surface area contributed by atoms with Gasteiger partial charge in [0.2, 0.25) is 0 Å². The van der Waals surface area contributed by atoms with E-state index < -0.39 is 6.10 Å². The zero-order chi connectivity index (χ0) is 25.2. The molecule has 5 aromatic rings. The number of β-amino-alcohol motifs (C(OH)–C–C–N with tert-alkyl or cyclic N) is 1. The van der Waals surface area contributed by atoms with Crippen LogP contribution in [0.3, 0.4) is 0 Å². The maximum Gasteiger partial charge on any atom is 0.167 e. The van der Waals surface area contributed by atoms with Crippen molar-refractivity contribution in [1.82, 2.24) is 19.9 Å². The van der Waals surface area contributed by atoms with E-state index in [1.54, 1.807) is 11.3 Å². The Kier molecular flexibility index (Phi) is 6.89. The Hall–Kier alpha value is -3.30. The molecule has 0 radical (unpaired) electrons. The molecular weight excluding hydrogens is 484 g/mol. The van der Waals surface area contributed by atoms with Crippen molar-refractivity contribution in [1.29, 1.82) is 0 Å². The number of aliphatic hydroxyl groups is 1. The van der Waals surface area contributed by atoms with E-state index in [0.29, 0.717) is 6.54 Å². The fraction of sp³-hybridized carbons (Fsp3) is 0.310. The zero-order valence-corrected chi connectivity index (χ0v) is 21.7. The summed E-state index contributed by atoms with van der Waals surface area (Å²) >= 11 is 1.67. The third kappa shape index (κ3) is 5.52. The Bertz CT molecular complexity index is 1500. The van der Waals surface area contributed by atoms with Crippen LogP contribution in [-0.2, 0) is 6.54 Å². The molecule has 1 fully saturated rings. The van der Waals surface area contributed by atoms with E-state index in [4.69, 9.17) is 9.26 Å². The van der Waals surface area contributed by atoms with E-state index in [-0.39, 0.29) is 6.61 Å². The molecule has 8 heteroatoms. The molecule has 0 spiro atoms. The molecule has 0 amide bonds. The number of hydrogen-bond acceptors (Lipinski definition) is 8. The summed E-state index contributed by atoms with van der Waals surface area (Å²) in [5.41, 5.74) is 2.96. The lowest BCUT2D eigenvalue weighted by atomic mass is 10.0. The maximum absolute atomic E-state index is 10.6. The van der Waals surface area contributed by atoms with Crippen LogP contribution >= 0.6 is 11.3 Å². The largest absolute Gasteiger partial charge is 0.491 e. The molecule has 3 aromatic carbocycles. The van der Waals surface area contributed by atoms with Gasteiger partial charge in [0, 0.05) is 57.0 Å². The Balaban J connectivity index is 0.981. The molecule has 190 valence electrons. The van der Waals surface area contributed by atoms with Crippen molar-refractivity contribution >= 4 is 32.3 Å². The Morgan fingerprint density at radius 1 is 1.00 bits per heavy atom. The zero-order valence-electron chi connectivity index (χ0n) is 20.8. The number of aliphatic hydroxyl groups excluding tert-OH is 1. The van der Waals surface area contributed by atoms with Crippen LogP contribution in [0.2, 0.25) is 0 Å². The van der Waals surface area contributed by atoms with Crippen molar-refractivity contribution in [3.8, 4) is 17.1 Å². The Morgan fingerprint density at radius 3 is 2.70 bits per heavy atom. The third-order valence-corrected chi connectivity index (χ3v) is 7.79. The van der Waals surface area contributed by atoms with E-state index in [0.717, 1.165) is 70.7 Å². The van der Waals surface area contributed by atoms with Gasteiger partial charge in [0.25, 0.3) is 0 Å². The molecule has 0 bridgehead atoms. The number of aryl methyl sites for hydroxylation is 1. The smallest absolute Gasteiger partial charge is 0.167 e. The van der Waals surface area contributed by atoms with Gasteiger partial charge in [0.1, 0.15) is 18.5 Å². The van der Waals surface area contributed by atoms with E-state index in [2.05, 4.69) is 56.3 Å². The molecule has 1 N–H and O–H groups in total. The highest BCUT2D eigenvalue weighted by Gasteiger charge is 2.21. The van der Waals surface area contributed by atoms with Crippen molar-refractivity contribution < 1.29 is 14.4 Å². The second-order valence-electron chi connectivity index (χ2n) is 9.61. The number of aromatic nitrogens is 2. The average molecular weight is 515 g/mol. The van der Waals surface area contributed by atoms with E-state index in [9.17, 15) is 5.11 Å². The number of ether oxygens (including phenoxy) is 1. The van der Waals surface area contributed by atoms with Gasteiger partial charge in [-0.25, -0.2) is 4.98 Å². The van der Waals surface area contributed by atoms with Gasteiger partial charge in [-0.3, -0.25) is 9.80 Å². The predicted molar refractivity (Wildman–Crippen MR) is 147 cm³/mol. The monoisotopic (exact) mass is 514 g/mol. The molecular formula is C29H30N4O3S. The van der Waals surface area contributed by atoms with Crippen molar-refractivity contribution in [3.63, 3.8) is 0 Å². The molecule has 37 heavy (non-hydrogen) atoms. The summed E-state index contributed by atoms with van der Waals surface area (Å²) in [7, 11) is 0. The summed E-state index contributed by atoms with van der Waals surface area (Å²) in [5, 5.41) is 18.3. The first-order valence-electron chi connectivity index (χ1n) is 12.7. The van der Waals surface area contributed by atoms with Crippen molar-refractivity contribution in [2.75, 3.05) is 39.3 Å². The highest BCUT2D eigenvalue weighted by molar-refractivity contribution is 7.18. The van der Waals surface area contributed by atoms with Gasteiger partial charge in [-0.05, 0) is 29.8 Å². The first kappa shape index (κ1) is 24.1. The standard InChI is InChI=1S/C29H30N4O3S/c1-20-30-27-16-24(9-10-29(27)37-20)35-19-23(34)18-33-13-11-32(12-14-33)17-22-15-28(36-31-22)26-8-4-6-21-5-2-3-7-25(21)26/h2-10,15-16,23,34H,11-14,17-19H2,1H3/t23-/m0/s1. The summed E-state index contributed by atoms with van der Waals surface area (Å²) in [6, 6.07) is 22.5. The van der Waals surface area contributed by atoms with E-state index in [1.165, 1.54) is 10.8 Å². The van der Waals surface area contributed by atoms with Gasteiger partial charge >= 0.3 is 0 Å². The summed E-state index contributed by atoms with van der Waals surface area (Å²) in [5.74, 6) is 1.55. The van der Waals surface area contributed by atoms with Gasteiger partial charge in [-0.2, -0.15) is 0 Å². The highest BCUT2D eigenvalue weighted by Crippen LogP contribution is 2.29. The molecule has 1 aliphatic rings. The SMILES string of the molecule is Cc1nc2cc(OC[C@@H](O)CN3CCN(Cc4cc(-c5cccc6ccccc56)on4)CC3)ccc2s1. The van der Waals surface area contributed by atoms with Crippen molar-refractivity contribution in [2.45, 2.75) is 19.6 Å². The molecule has 1 saturated heterocycles. The van der Waals surface area contributed by atoms with Gasteiger partial charge in [0.15, 0.2) is 5.76 Å². The van der Waals surface area contributed by atoms with Crippen molar-refractivity contribution in [3.05, 3.63) is 77.4 Å². The lowest BCUT2D eigenvalue weighted by molar-refractivity contribution is 0.0442. The summed E-state index contributed by atoms with van der Waals surface area (Å²) in [4.78, 5) is 9.19. The van der Waals surface area contributed by atoms with E-state index >= 15 is 0 Å². The number of thiazole rings is 1. The normalized spacial score (nSPS) is 15.9. The minimum Gasteiger partial charge on any atom is -0.491 e. The topological polar surface area (TPSA) is 74.9 Å². The van der Waals surface area contributed by atoms with Crippen molar-refractivity contribution in [2.24, 2.45) is 0 Å². The number of fused-ring (bicyclic) bond motifs is 2. The molecule has 6 rings (SSSR count). The minimum atomic E-state index is -0.543. The number of nitrogens with zero attached hydrogens (tertiary/aromatic N) is 4. The second kappa shape index (κ2) is 10.6. The quantitative estimate of drug-likeness (QED) is 0.313. The number of hydrogen-bond donors (Lipinski definition) is 1. The van der Waals surface area contributed by atoms with Crippen LogP contribution in [0.25, 0.3) is 32.3 Å². The van der Waals surface area contributed by atoms with E-state index in [1.807, 2.05) is 37.3 Å². The van der Waals surface area contributed by atoms with Gasteiger partial charge in [-0.15, -0.1) is 11.3 Å². The van der Waals surface area contributed by atoms with Crippen LogP contribution in [0.5, 0.6) is 5.75 Å². The maximum atomic E-state index is 10.6. The average Bonchev–Trinajstić information content (AvgIpc) is 3.53. The first-order chi connectivity index (χ1) is 18.1. The van der Waals surface area contributed by atoms with Gasteiger partial charge in [0.05, 0.1) is 20.9 Å². The van der Waals surface area contributed by atoms with Crippen LogP contribution in [0.15, 0.2) is 71.3 Å². The lowest BCUT2D eigenvalue weighted by Gasteiger charge is -2.35. The molecule has 7 nitrogen and oxygen atoms in total. The molecule has 1 aliphatic heterocycles. The summed E-state index contributed by atoms with van der Waals surface area (Å²) < 4.78 is 12.7. The lowest BCUT2D eigenvalue weighted by Crippen LogP contribution is -2.48. The second-order valence-corrected chi connectivity index (χ2v) is 10.8. The number of rotatable bonds is 8. The number of benzene rings is 3. The van der Waals surface area contributed by atoms with Gasteiger partial charge in [-0.1, -0.05) is 47.6 Å². The summed E-state index contributed by atoms with van der Waals surface area (Å²) in [6.07, 6.45) is -0.543. The van der Waals surface area contributed by atoms with Crippen LogP contribution < -0.4 is 4.74 Å². The van der Waals surface area contributed by atoms with Crippen LogP contribution in [0, 0.1) is 6.92 Å². The first-order valence-corrected chi connectivity index (χ1v) is 13.5. The molecule has 0 unspecified atom stereocenters. The third-order valence-electron chi connectivity index (χ3n) is 6.84. The molecule has 2 aromatic heterocycles. The Labute approximate surface area is 219 Å². The molecule has 3 heterocycles. The molecule has 0 saturated carbocycles. The van der Waals surface area contributed by atoms with Gasteiger partial charge < -0.3 is 14.4 Å². The number of piperazine rings is 1. The fourth-order valence-electron chi connectivity index (χ4n) is 4.97. The summed E-state index contributed by atoms with van der Waals surface area (Å²) in [6.45, 7) is 7.26.